The van der Waals surface area contributed by atoms with Gasteiger partial charge in [-0.25, -0.2) is 4.39 Å². The van der Waals surface area contributed by atoms with Crippen molar-refractivity contribution in [2.75, 3.05) is 13.1 Å². The first-order valence-corrected chi connectivity index (χ1v) is 8.78. The first-order valence-electron chi connectivity index (χ1n) is 7.90. The molecule has 1 aliphatic heterocycles. The molecule has 1 aliphatic rings. The zero-order chi connectivity index (χ0) is 17.3. The molecule has 128 valence electrons. The Morgan fingerprint density at radius 3 is 2.83 bits per heavy atom. The van der Waals surface area contributed by atoms with Gasteiger partial charge in [0.15, 0.2) is 5.16 Å². The lowest BCUT2D eigenvalue weighted by atomic mass is 9.97. The molecule has 7 heteroatoms. The lowest BCUT2D eigenvalue weighted by molar-refractivity contribution is -0.143. The van der Waals surface area contributed by atoms with E-state index in [1.807, 2.05) is 35.9 Å². The Labute approximate surface area is 145 Å². The molecule has 1 saturated heterocycles. The quantitative estimate of drug-likeness (QED) is 0.780. The van der Waals surface area contributed by atoms with E-state index in [1.165, 1.54) is 6.92 Å². The van der Waals surface area contributed by atoms with Gasteiger partial charge in [0.2, 0.25) is 5.91 Å². The molecule has 3 rings (SSSR count). The molecule has 0 saturated carbocycles. The fraction of sp³-hybridized carbons (Fsp3) is 0.471. The van der Waals surface area contributed by atoms with Crippen LogP contribution in [0.15, 0.2) is 35.7 Å². The molecule has 5 nitrogen and oxygen atoms in total. The van der Waals surface area contributed by atoms with E-state index in [-0.39, 0.29) is 24.2 Å². The number of thioether (sulfide) groups is 1. The number of halogens is 1. The van der Waals surface area contributed by atoms with Gasteiger partial charge < -0.3 is 9.47 Å². The van der Waals surface area contributed by atoms with Crippen LogP contribution in [0.3, 0.4) is 0 Å². The van der Waals surface area contributed by atoms with E-state index in [0.717, 1.165) is 16.3 Å². The Kier molecular flexibility index (Phi) is 4.62. The highest BCUT2D eigenvalue weighted by Crippen LogP contribution is 2.33. The molecule has 2 aromatic rings. The Balaban J connectivity index is 1.63. The fourth-order valence-corrected chi connectivity index (χ4v) is 3.68. The van der Waals surface area contributed by atoms with Crippen molar-refractivity contribution in [1.29, 1.82) is 0 Å². The molecule has 0 bridgehead atoms. The minimum absolute atomic E-state index is 0.0177. The Morgan fingerprint density at radius 2 is 2.21 bits per heavy atom. The van der Waals surface area contributed by atoms with Crippen LogP contribution in [0.25, 0.3) is 0 Å². The number of hydrogen-bond acceptors (Lipinski definition) is 4. The molecule has 2 heterocycles. The third-order valence-corrected chi connectivity index (χ3v) is 5.33. The maximum Gasteiger partial charge on any atom is 0.227 e. The normalized spacial score (nSPS) is 17.4. The summed E-state index contributed by atoms with van der Waals surface area (Å²) in [7, 11) is 1.91. The average molecular weight is 348 g/mol. The number of aryl methyl sites for hydroxylation is 1. The summed E-state index contributed by atoms with van der Waals surface area (Å²) in [6, 6.07) is 7.99. The molecule has 1 atom stereocenters. The Hall–Kier alpha value is -1.89. The van der Waals surface area contributed by atoms with Crippen LogP contribution >= 0.6 is 11.8 Å². The van der Waals surface area contributed by atoms with Gasteiger partial charge in [0.1, 0.15) is 12.0 Å². The highest BCUT2D eigenvalue weighted by atomic mass is 32.2. The Morgan fingerprint density at radius 1 is 1.46 bits per heavy atom. The van der Waals surface area contributed by atoms with Crippen LogP contribution in [0, 0.1) is 0 Å². The number of nitrogens with zero attached hydrogens (tertiary/aromatic N) is 4. The van der Waals surface area contributed by atoms with E-state index in [2.05, 4.69) is 17.1 Å². The minimum Gasteiger partial charge on any atom is -0.336 e. The number of likely N-dealkylation sites (tertiary alicyclic amines) is 1. The summed E-state index contributed by atoms with van der Waals surface area (Å²) in [5, 5.41) is 9.02. The zero-order valence-electron chi connectivity index (χ0n) is 14.1. The summed E-state index contributed by atoms with van der Waals surface area (Å²) in [5.74, 6) is -0.0177. The van der Waals surface area contributed by atoms with Gasteiger partial charge in [-0.15, -0.1) is 10.2 Å². The third-order valence-electron chi connectivity index (χ3n) is 4.12. The predicted octanol–water partition coefficient (Wildman–Crippen LogP) is 2.78. The number of alkyl halides is 1. The fourth-order valence-electron chi connectivity index (χ4n) is 2.77. The first-order chi connectivity index (χ1) is 11.3. The third kappa shape index (κ3) is 3.77. The van der Waals surface area contributed by atoms with E-state index in [1.54, 1.807) is 23.0 Å². The molecule has 0 unspecified atom stereocenters. The number of amides is 1. The maximum atomic E-state index is 13.5. The van der Waals surface area contributed by atoms with Gasteiger partial charge in [-0.3, -0.25) is 4.79 Å². The molecule has 24 heavy (non-hydrogen) atoms. The molecular weight excluding hydrogens is 327 g/mol. The zero-order valence-corrected chi connectivity index (χ0v) is 14.9. The second-order valence-electron chi connectivity index (χ2n) is 6.57. The molecule has 1 fully saturated rings. The number of benzene rings is 1. The lowest BCUT2D eigenvalue weighted by Crippen LogP contribution is -2.59. The van der Waals surface area contributed by atoms with Crippen LogP contribution in [0.1, 0.15) is 30.2 Å². The first kappa shape index (κ1) is 17.0. The van der Waals surface area contributed by atoms with Gasteiger partial charge >= 0.3 is 0 Å². The van der Waals surface area contributed by atoms with Crippen molar-refractivity contribution in [1.82, 2.24) is 19.7 Å². The second kappa shape index (κ2) is 6.55. The van der Waals surface area contributed by atoms with Crippen molar-refractivity contribution in [3.8, 4) is 0 Å². The number of carbonyl (C=O) groups excluding carboxylic acids is 1. The topological polar surface area (TPSA) is 51.0 Å². The summed E-state index contributed by atoms with van der Waals surface area (Å²) >= 11 is 1.62. The van der Waals surface area contributed by atoms with Crippen molar-refractivity contribution in [2.45, 2.75) is 36.3 Å². The van der Waals surface area contributed by atoms with Gasteiger partial charge in [0.25, 0.3) is 0 Å². The van der Waals surface area contributed by atoms with E-state index in [9.17, 15) is 9.18 Å². The van der Waals surface area contributed by atoms with Crippen molar-refractivity contribution in [3.63, 3.8) is 0 Å². The summed E-state index contributed by atoms with van der Waals surface area (Å²) in [6.45, 7) is 4.03. The molecule has 1 aromatic heterocycles. The Bertz CT molecular complexity index is 738. The molecule has 0 spiro atoms. The van der Waals surface area contributed by atoms with Gasteiger partial charge in [0.05, 0.1) is 19.5 Å². The van der Waals surface area contributed by atoms with Gasteiger partial charge in [-0.1, -0.05) is 36.0 Å². The predicted molar refractivity (Wildman–Crippen MR) is 91.5 cm³/mol. The number of aromatic nitrogens is 3. The van der Waals surface area contributed by atoms with Crippen LogP contribution in [0.2, 0.25) is 0 Å². The van der Waals surface area contributed by atoms with Crippen molar-refractivity contribution in [2.24, 2.45) is 7.05 Å². The summed E-state index contributed by atoms with van der Waals surface area (Å²) in [5.41, 5.74) is 0.862. The number of carbonyl (C=O) groups is 1. The smallest absolute Gasteiger partial charge is 0.227 e. The van der Waals surface area contributed by atoms with Crippen LogP contribution in [0.4, 0.5) is 4.39 Å². The summed E-state index contributed by atoms with van der Waals surface area (Å²) in [4.78, 5) is 13.8. The highest BCUT2D eigenvalue weighted by molar-refractivity contribution is 7.99. The summed E-state index contributed by atoms with van der Waals surface area (Å²) in [6.07, 6.45) is 1.99. The monoisotopic (exact) mass is 348 g/mol. The molecule has 0 N–H and O–H groups in total. The highest BCUT2D eigenvalue weighted by Gasteiger charge is 2.41. The van der Waals surface area contributed by atoms with Crippen LogP contribution in [0.5, 0.6) is 0 Å². The minimum atomic E-state index is -1.22. The van der Waals surface area contributed by atoms with E-state index in [4.69, 9.17) is 0 Å². The van der Waals surface area contributed by atoms with E-state index in [0.29, 0.717) is 6.42 Å². The standard InChI is InChI=1S/C17H21FN4OS/c1-12(24-16-20-19-11-21(16)3)14-6-4-5-13(7-14)8-15(23)22-9-17(2,18)10-22/h4-7,11-12H,8-10H2,1-3H3/t12-/m0/s1. The maximum absolute atomic E-state index is 13.5. The van der Waals surface area contributed by atoms with Gasteiger partial charge in [0, 0.05) is 12.3 Å². The van der Waals surface area contributed by atoms with E-state index >= 15 is 0 Å². The van der Waals surface area contributed by atoms with Crippen molar-refractivity contribution in [3.05, 3.63) is 41.7 Å². The number of rotatable bonds is 5. The average Bonchev–Trinajstić information content (AvgIpc) is 2.90. The lowest BCUT2D eigenvalue weighted by Gasteiger charge is -2.42. The number of hydrogen-bond donors (Lipinski definition) is 0. The van der Waals surface area contributed by atoms with Crippen LogP contribution in [-0.4, -0.2) is 44.3 Å². The van der Waals surface area contributed by atoms with Gasteiger partial charge in [-0.2, -0.15) is 0 Å². The molecule has 0 aliphatic carbocycles. The molecular formula is C17H21FN4OS. The molecule has 1 aromatic carbocycles. The summed E-state index contributed by atoms with van der Waals surface area (Å²) < 4.78 is 15.4. The SMILES string of the molecule is C[C@H](Sc1nncn1C)c1cccc(CC(=O)N2CC(C)(F)C2)c1. The largest absolute Gasteiger partial charge is 0.336 e. The van der Waals surface area contributed by atoms with Crippen molar-refractivity contribution >= 4 is 17.7 Å². The second-order valence-corrected chi connectivity index (χ2v) is 7.88. The molecule has 0 radical (unpaired) electrons. The molecule has 1 amide bonds. The van der Waals surface area contributed by atoms with Crippen molar-refractivity contribution < 1.29 is 9.18 Å². The van der Waals surface area contributed by atoms with Crippen LogP contribution < -0.4 is 0 Å². The van der Waals surface area contributed by atoms with Gasteiger partial charge in [-0.05, 0) is 25.0 Å². The van der Waals surface area contributed by atoms with E-state index < -0.39 is 5.67 Å². The van der Waals surface area contributed by atoms with Crippen LogP contribution in [-0.2, 0) is 18.3 Å².